The van der Waals surface area contributed by atoms with Crippen molar-refractivity contribution < 1.29 is 25.3 Å². The lowest BCUT2D eigenvalue weighted by atomic mass is 9.57. The molecule has 3 N–H and O–H groups in total. The first kappa shape index (κ1) is 43.7. The largest absolute Gasteiger partial charge is 0.325 e. The predicted molar refractivity (Wildman–Crippen MR) is 254 cm³/mol. The van der Waals surface area contributed by atoms with Crippen molar-refractivity contribution >= 4 is 63.7 Å². The van der Waals surface area contributed by atoms with Gasteiger partial charge in [-0.25, -0.2) is 47.9 Å². The van der Waals surface area contributed by atoms with Gasteiger partial charge in [0.15, 0.2) is 22.6 Å². The Labute approximate surface area is 393 Å². The summed E-state index contributed by atoms with van der Waals surface area (Å²) >= 11 is 0. The van der Waals surface area contributed by atoms with Crippen molar-refractivity contribution in [3.8, 4) is 0 Å². The van der Waals surface area contributed by atoms with E-state index in [-0.39, 0.29) is 36.9 Å². The zero-order valence-electron chi connectivity index (χ0n) is 37.8. The Kier molecular flexibility index (Phi) is 9.60. The smallest absolute Gasteiger partial charge is 0.269 e. The molecule has 7 aliphatic carbocycles. The molecule has 0 amide bonds. The van der Waals surface area contributed by atoms with Crippen LogP contribution in [0.3, 0.4) is 0 Å². The van der Waals surface area contributed by atoms with Crippen LogP contribution in [0.1, 0.15) is 113 Å². The minimum Gasteiger partial charge on any atom is -0.325 e. The maximum Gasteiger partial charge on any atom is 0.269 e. The summed E-state index contributed by atoms with van der Waals surface area (Å²) in [6.07, 6.45) is 18.3. The average molecular weight is 977 g/mol. The zero-order valence-corrected chi connectivity index (χ0v) is 40.2. The van der Waals surface area contributed by atoms with Gasteiger partial charge in [0, 0.05) is 34.3 Å². The molecular formula is C47H52N12O6S3. The Morgan fingerprint density at radius 1 is 0.544 bits per heavy atom. The van der Waals surface area contributed by atoms with Gasteiger partial charge >= 0.3 is 0 Å². The van der Waals surface area contributed by atoms with Gasteiger partial charge in [-0.05, 0) is 140 Å². The molecule has 0 saturated heterocycles. The molecule has 6 heterocycles. The van der Waals surface area contributed by atoms with Crippen molar-refractivity contribution in [3.63, 3.8) is 0 Å². The molecule has 7 saturated carbocycles. The number of aryl methyl sites for hydroxylation is 2. The molecule has 18 nitrogen and oxygen atoms in total. The molecule has 354 valence electrons. The van der Waals surface area contributed by atoms with E-state index in [1.165, 1.54) is 14.1 Å². The molecule has 0 unspecified atom stereocenters. The van der Waals surface area contributed by atoms with Crippen LogP contribution in [-0.2, 0) is 40.9 Å². The molecule has 7 aliphatic rings. The second-order valence-corrected chi connectivity index (χ2v) is 25.9. The van der Waals surface area contributed by atoms with Crippen molar-refractivity contribution in [2.45, 2.75) is 141 Å². The molecule has 8 aromatic rings. The summed E-state index contributed by atoms with van der Waals surface area (Å²) in [6.45, 7) is 3.84. The number of rotatable bonds is 9. The minimum absolute atomic E-state index is 0.0371. The Hall–Kier alpha value is -5.61. The summed E-state index contributed by atoms with van der Waals surface area (Å²) in [4.78, 5) is 9.33. The molecule has 6 aromatic heterocycles. The van der Waals surface area contributed by atoms with Crippen LogP contribution in [-0.4, -0.2) is 88.7 Å². The maximum absolute atomic E-state index is 13.4. The number of hydrogen-bond acceptors (Lipinski definition) is 13. The van der Waals surface area contributed by atoms with Gasteiger partial charge in [-0.15, -0.1) is 20.4 Å². The predicted octanol–water partition coefficient (Wildman–Crippen LogP) is 5.98. The Balaban J connectivity index is 0.000000143. The van der Waals surface area contributed by atoms with Crippen molar-refractivity contribution in [1.82, 2.24) is 51.8 Å². The Morgan fingerprint density at radius 3 is 1.34 bits per heavy atom. The third-order valence-electron chi connectivity index (χ3n) is 16.1. The fraction of sp³-hybridized carbons (Fsp3) is 0.447. The second-order valence-electron chi connectivity index (χ2n) is 20.3. The fourth-order valence-corrected chi connectivity index (χ4v) is 16.0. The highest BCUT2D eigenvalue weighted by atomic mass is 32.2. The van der Waals surface area contributed by atoms with Gasteiger partial charge in [-0.1, -0.05) is 35.4 Å². The second kappa shape index (κ2) is 14.9. The molecule has 21 heteroatoms. The lowest BCUT2D eigenvalue weighted by Gasteiger charge is -2.52. The van der Waals surface area contributed by atoms with E-state index in [0.29, 0.717) is 33.6 Å². The summed E-state index contributed by atoms with van der Waals surface area (Å²) in [7, 11) is -10.9. The number of fused-ring (bicyclic) bond motifs is 12. The molecule has 7 fully saturated rings. The fourth-order valence-electron chi connectivity index (χ4n) is 11.6. The molecule has 0 radical (unpaired) electrons. The summed E-state index contributed by atoms with van der Waals surface area (Å²) < 4.78 is 88.3. The minimum atomic E-state index is -3.83. The molecule has 0 aliphatic heterocycles. The van der Waals surface area contributed by atoms with Crippen LogP contribution < -0.4 is 10.5 Å². The van der Waals surface area contributed by atoms with Crippen LogP contribution in [0.15, 0.2) is 95.2 Å². The summed E-state index contributed by atoms with van der Waals surface area (Å²) in [5.74, 6) is 1.71. The van der Waals surface area contributed by atoms with Crippen molar-refractivity contribution in [2.24, 2.45) is 5.73 Å². The highest BCUT2D eigenvalue weighted by molar-refractivity contribution is 7.90. The maximum atomic E-state index is 13.4. The van der Waals surface area contributed by atoms with Crippen molar-refractivity contribution in [1.29, 1.82) is 0 Å². The first-order valence-electron chi connectivity index (χ1n) is 23.3. The van der Waals surface area contributed by atoms with Crippen LogP contribution in [0.5, 0.6) is 0 Å². The summed E-state index contributed by atoms with van der Waals surface area (Å²) in [5.41, 5.74) is 11.0. The zero-order chi connectivity index (χ0) is 47.1. The molecule has 15 rings (SSSR count). The molecule has 68 heavy (non-hydrogen) atoms. The third-order valence-corrected chi connectivity index (χ3v) is 21.5. The number of aromatic nitrogens is 10. The van der Waals surface area contributed by atoms with Crippen molar-refractivity contribution in [3.05, 3.63) is 108 Å². The van der Waals surface area contributed by atoms with Crippen LogP contribution in [0.2, 0.25) is 0 Å². The van der Waals surface area contributed by atoms with E-state index < -0.39 is 30.1 Å². The van der Waals surface area contributed by atoms with Gasteiger partial charge in [0.25, 0.3) is 20.0 Å². The van der Waals surface area contributed by atoms with Crippen LogP contribution in [0, 0.1) is 13.8 Å². The lowest BCUT2D eigenvalue weighted by Crippen LogP contribution is -2.58. The van der Waals surface area contributed by atoms with Crippen LogP contribution >= 0.6 is 0 Å². The number of nitrogens with zero attached hydrogens (tertiary/aromatic N) is 10. The van der Waals surface area contributed by atoms with Gasteiger partial charge in [-0.3, -0.25) is 8.80 Å². The molecule has 2 aromatic carbocycles. The topological polar surface area (TPSA) is 236 Å². The molecule has 4 bridgehead atoms. The Morgan fingerprint density at radius 2 is 0.941 bits per heavy atom. The Bertz CT molecular complexity index is 3640. The van der Waals surface area contributed by atoms with Gasteiger partial charge in [-0.2, -0.15) is 0 Å². The summed E-state index contributed by atoms with van der Waals surface area (Å²) in [6, 6.07) is 17.2. The number of nitrogens with two attached hydrogens (primary N) is 1. The van der Waals surface area contributed by atoms with E-state index in [1.54, 1.807) is 79.3 Å². The monoisotopic (exact) mass is 976 g/mol. The van der Waals surface area contributed by atoms with Crippen LogP contribution in [0.25, 0.3) is 33.6 Å². The number of hydrogen-bond donors (Lipinski definition) is 2. The number of sulfonamides is 1. The molecule has 0 spiro atoms. The van der Waals surface area contributed by atoms with Gasteiger partial charge < -0.3 is 5.73 Å². The highest BCUT2D eigenvalue weighted by Gasteiger charge is 2.54. The van der Waals surface area contributed by atoms with Gasteiger partial charge in [0.2, 0.25) is 10.0 Å². The van der Waals surface area contributed by atoms with E-state index in [1.807, 2.05) is 22.6 Å². The first-order valence-corrected chi connectivity index (χ1v) is 27.8. The van der Waals surface area contributed by atoms with E-state index in [9.17, 15) is 25.3 Å². The third kappa shape index (κ3) is 6.77. The van der Waals surface area contributed by atoms with Gasteiger partial charge in [0.1, 0.15) is 11.6 Å². The summed E-state index contributed by atoms with van der Waals surface area (Å²) in [5, 5.41) is 17.7. The van der Waals surface area contributed by atoms with E-state index in [2.05, 4.69) is 35.1 Å². The van der Waals surface area contributed by atoms with Crippen LogP contribution in [0.4, 0.5) is 0 Å². The van der Waals surface area contributed by atoms with E-state index in [0.717, 1.165) is 113 Å². The number of nitrogens with one attached hydrogen (secondary N) is 1. The standard InChI is InChI=1S/C25H28N6O4S2.C22H24N6O2S/c1-17-2-4-19(5-3-17)37(34,35)30-15-8-20-22(30)26-16-21-27-28-23(31(20)21)24-9-12-25(13-10-24,14-11-24)29-36(32,33)18-6-7-18;1-15-2-4-16(5-3-15)31(29,30)27-13-6-17-19(27)24-14-18-25-26-20(28(17)18)21-7-10-22(23,11-8-21)12-9-21/h2-5,8,15-16,18,29H,6-7,9-14H2,1H3;2-6,13-14H,7-12,23H2,1H3. The van der Waals surface area contributed by atoms with Crippen molar-refractivity contribution in [2.75, 3.05) is 0 Å². The first-order chi connectivity index (χ1) is 32.4. The molecule has 0 atom stereocenters. The van der Waals surface area contributed by atoms with E-state index in [4.69, 9.17) is 5.73 Å². The molecular weight excluding hydrogens is 925 g/mol. The van der Waals surface area contributed by atoms with Gasteiger partial charge in [0.05, 0.1) is 38.5 Å². The highest BCUT2D eigenvalue weighted by Crippen LogP contribution is 2.55. The SMILES string of the molecule is Cc1ccc(S(=O)(=O)n2ccc3c2ncc2nnc(C45CCC(N)(CC4)CC5)n23)cc1.Cc1ccc(S(=O)(=O)n2ccc3c2ncc2nnc(C45CCC(NS(=O)(=O)C6CC6)(CC4)CC5)n23)cc1. The quantitative estimate of drug-likeness (QED) is 0.170. The lowest BCUT2D eigenvalue weighted by molar-refractivity contribution is 0.0882. The van der Waals surface area contributed by atoms with E-state index >= 15 is 0 Å². The normalized spacial score (nSPS) is 26.2. The average Bonchev–Trinajstić information content (AvgIpc) is 3.63. The number of benzene rings is 2.